The van der Waals surface area contributed by atoms with Crippen molar-refractivity contribution in [1.82, 2.24) is 0 Å². The number of carboxylic acid groups (broad SMARTS) is 1. The number of fused-ring (bicyclic) bond motifs is 3. The van der Waals surface area contributed by atoms with Gasteiger partial charge >= 0.3 is 5.97 Å². The lowest BCUT2D eigenvalue weighted by atomic mass is 9.74. The molecule has 0 spiro atoms. The molecule has 2 aromatic rings. The van der Waals surface area contributed by atoms with Crippen LogP contribution in [0.5, 0.6) is 0 Å². The number of carbonyl (C=O) groups is 1. The predicted molar refractivity (Wildman–Crippen MR) is 126 cm³/mol. The van der Waals surface area contributed by atoms with Crippen molar-refractivity contribution in [2.45, 2.75) is 62.7 Å². The van der Waals surface area contributed by atoms with E-state index in [0.717, 1.165) is 28.8 Å². The first-order valence-corrected chi connectivity index (χ1v) is 14.1. The first kappa shape index (κ1) is 26.3. The Balaban J connectivity index is 2.07. The first-order valence-electron chi connectivity index (χ1n) is 11.1. The molecule has 2 N–H and O–H groups in total. The highest BCUT2D eigenvalue weighted by molar-refractivity contribution is 7.86. The van der Waals surface area contributed by atoms with Crippen LogP contribution in [0.15, 0.2) is 35.2 Å². The van der Waals surface area contributed by atoms with E-state index >= 15 is 0 Å². The second-order valence-corrected chi connectivity index (χ2v) is 11.9. The van der Waals surface area contributed by atoms with Crippen LogP contribution in [-0.2, 0) is 30.4 Å². The quantitative estimate of drug-likeness (QED) is 0.264. The zero-order valence-electron chi connectivity index (χ0n) is 19.2. The van der Waals surface area contributed by atoms with Gasteiger partial charge in [-0.15, -0.1) is 0 Å². The molecule has 0 amide bonds. The lowest BCUT2D eigenvalue weighted by molar-refractivity contribution is -0.438. The van der Waals surface area contributed by atoms with Crippen LogP contribution >= 0.6 is 0 Å². The van der Waals surface area contributed by atoms with E-state index in [-0.39, 0.29) is 17.7 Å². The van der Waals surface area contributed by atoms with Crippen molar-refractivity contribution >= 4 is 48.4 Å². The summed E-state index contributed by atoms with van der Waals surface area (Å²) >= 11 is 0. The molecule has 0 aromatic heterocycles. The Labute approximate surface area is 199 Å². The molecule has 1 aliphatic heterocycles. The topological polar surface area (TPSA) is 152 Å². The zero-order valence-corrected chi connectivity index (χ0v) is 20.8. The van der Waals surface area contributed by atoms with E-state index in [1.54, 1.807) is 6.07 Å². The van der Waals surface area contributed by atoms with Crippen LogP contribution in [0.2, 0.25) is 0 Å². The zero-order chi connectivity index (χ0) is 25.3. The molecule has 1 aliphatic rings. The molecule has 0 bridgehead atoms. The average Bonchev–Trinajstić information content (AvgIpc) is 2.93. The summed E-state index contributed by atoms with van der Waals surface area (Å²) in [6.07, 6.45) is 2.88. The lowest BCUT2D eigenvalue weighted by Crippen LogP contribution is -2.31. The van der Waals surface area contributed by atoms with E-state index in [1.165, 1.54) is 12.1 Å². The van der Waals surface area contributed by atoms with E-state index in [2.05, 4.69) is 0 Å². The fraction of sp³-hybridized carbons (Fsp3) is 0.478. The molecule has 186 valence electrons. The third-order valence-corrected chi connectivity index (χ3v) is 8.30. The fourth-order valence-electron chi connectivity index (χ4n) is 4.84. The molecule has 2 aromatic carbocycles. The van der Waals surface area contributed by atoms with Crippen LogP contribution in [0.1, 0.15) is 57.9 Å². The Kier molecular flexibility index (Phi) is 7.51. The highest BCUT2D eigenvalue weighted by atomic mass is 32.2. The summed E-state index contributed by atoms with van der Waals surface area (Å²) in [7, 11) is -8.77. The number of hydrogen-bond donors (Lipinski definition) is 2. The smallest absolute Gasteiger partial charge is 0.303 e. The maximum Gasteiger partial charge on any atom is 0.303 e. The van der Waals surface area contributed by atoms with Gasteiger partial charge < -0.3 is 9.66 Å². The van der Waals surface area contributed by atoms with Gasteiger partial charge in [0.2, 0.25) is 5.69 Å². The largest absolute Gasteiger partial charge is 0.748 e. The van der Waals surface area contributed by atoms with Crippen molar-refractivity contribution in [1.29, 1.82) is 0 Å². The SMILES string of the molecule is CC1=[N+](CCCS(=O)(=O)[O-])c2ccc3ccc(S(=O)(=O)O)cc3c2C1(C)CCCCCC(=O)O. The first-order chi connectivity index (χ1) is 15.7. The molecular formula is C23H29NO8S2. The summed E-state index contributed by atoms with van der Waals surface area (Å²) in [5.74, 6) is -1.33. The fourth-order valence-corrected chi connectivity index (χ4v) is 5.83. The minimum Gasteiger partial charge on any atom is -0.748 e. The molecule has 0 saturated heterocycles. The van der Waals surface area contributed by atoms with Gasteiger partial charge in [0, 0.05) is 37.1 Å². The second-order valence-electron chi connectivity index (χ2n) is 8.96. The van der Waals surface area contributed by atoms with Crippen molar-refractivity contribution in [3.8, 4) is 0 Å². The molecule has 11 heteroatoms. The van der Waals surface area contributed by atoms with Crippen molar-refractivity contribution in [2.75, 3.05) is 12.3 Å². The van der Waals surface area contributed by atoms with Crippen LogP contribution < -0.4 is 0 Å². The maximum atomic E-state index is 11.8. The average molecular weight is 512 g/mol. The molecule has 0 fully saturated rings. The van der Waals surface area contributed by atoms with Crippen molar-refractivity contribution < 1.29 is 40.4 Å². The van der Waals surface area contributed by atoms with Crippen molar-refractivity contribution in [3.05, 3.63) is 35.9 Å². The van der Waals surface area contributed by atoms with E-state index in [4.69, 9.17) is 5.11 Å². The van der Waals surface area contributed by atoms with Gasteiger partial charge in [-0.25, -0.2) is 8.42 Å². The summed E-state index contributed by atoms with van der Waals surface area (Å²) in [6, 6.07) is 8.16. The monoisotopic (exact) mass is 511 g/mol. The van der Waals surface area contributed by atoms with Crippen LogP contribution in [0, 0.1) is 0 Å². The predicted octanol–water partition coefficient (Wildman–Crippen LogP) is 3.43. The third kappa shape index (κ3) is 5.65. The minimum absolute atomic E-state index is 0.0897. The number of aliphatic carboxylic acids is 1. The lowest BCUT2D eigenvalue weighted by Gasteiger charge is -2.24. The molecule has 9 nitrogen and oxygen atoms in total. The molecular weight excluding hydrogens is 482 g/mol. The van der Waals surface area contributed by atoms with Crippen molar-refractivity contribution in [3.63, 3.8) is 0 Å². The van der Waals surface area contributed by atoms with Gasteiger partial charge in [-0.3, -0.25) is 9.35 Å². The molecule has 34 heavy (non-hydrogen) atoms. The number of nitrogens with zero attached hydrogens (tertiary/aromatic N) is 1. The number of rotatable bonds is 11. The Morgan fingerprint density at radius 3 is 2.35 bits per heavy atom. The summed E-state index contributed by atoms with van der Waals surface area (Å²) in [4.78, 5) is 10.6. The van der Waals surface area contributed by atoms with Gasteiger partial charge in [0.1, 0.15) is 6.54 Å². The molecule has 1 unspecified atom stereocenters. The van der Waals surface area contributed by atoms with Gasteiger partial charge in [-0.05, 0) is 48.7 Å². The number of benzene rings is 2. The van der Waals surface area contributed by atoms with Crippen LogP contribution in [0.4, 0.5) is 5.69 Å². The third-order valence-electron chi connectivity index (χ3n) is 6.66. The summed E-state index contributed by atoms with van der Waals surface area (Å²) in [5, 5.41) is 10.3. The number of carboxylic acids is 1. The molecule has 3 rings (SSSR count). The van der Waals surface area contributed by atoms with Crippen LogP contribution in [-0.4, -0.2) is 59.6 Å². The van der Waals surface area contributed by atoms with E-state index < -0.39 is 37.4 Å². The van der Waals surface area contributed by atoms with Gasteiger partial charge in [-0.1, -0.05) is 18.9 Å². The molecule has 0 saturated carbocycles. The molecule has 1 atom stereocenters. The molecule has 0 radical (unpaired) electrons. The summed E-state index contributed by atoms with van der Waals surface area (Å²) in [5.41, 5.74) is 2.07. The van der Waals surface area contributed by atoms with Gasteiger partial charge in [-0.2, -0.15) is 13.0 Å². The summed E-state index contributed by atoms with van der Waals surface area (Å²) in [6.45, 7) is 4.27. The molecule has 0 aliphatic carbocycles. The Morgan fingerprint density at radius 2 is 1.74 bits per heavy atom. The normalized spacial score (nSPS) is 18.5. The Hall–Kier alpha value is -2.34. The molecule has 1 heterocycles. The van der Waals surface area contributed by atoms with E-state index in [9.17, 15) is 30.7 Å². The Bertz CT molecular complexity index is 1360. The second kappa shape index (κ2) is 9.73. The minimum atomic E-state index is -4.42. The number of hydrogen-bond acceptors (Lipinski definition) is 6. The summed E-state index contributed by atoms with van der Waals surface area (Å²) < 4.78 is 68.5. The van der Waals surface area contributed by atoms with Gasteiger partial charge in [0.15, 0.2) is 5.71 Å². The van der Waals surface area contributed by atoms with Gasteiger partial charge in [0.25, 0.3) is 10.1 Å². The van der Waals surface area contributed by atoms with Gasteiger partial charge in [0.05, 0.1) is 20.4 Å². The van der Waals surface area contributed by atoms with Crippen LogP contribution in [0.3, 0.4) is 0 Å². The standard InChI is InChI=1S/C23H29NO8S2/c1-16-23(2,12-5-3-4-7-21(25)26)22-19-15-18(34(30,31)32)10-8-17(19)9-11-20(22)24(16)13-6-14-33(27,28)29/h8-11,15H,3-7,12-14H2,1-2H3,(H2-,25,26,27,28,29,30,31,32). The highest BCUT2D eigenvalue weighted by Crippen LogP contribution is 2.47. The Morgan fingerprint density at radius 1 is 1.06 bits per heavy atom. The maximum absolute atomic E-state index is 11.8. The van der Waals surface area contributed by atoms with Crippen molar-refractivity contribution in [2.24, 2.45) is 0 Å². The van der Waals surface area contributed by atoms with E-state index in [0.29, 0.717) is 31.2 Å². The van der Waals surface area contributed by atoms with Crippen LogP contribution in [0.25, 0.3) is 10.8 Å². The highest BCUT2D eigenvalue weighted by Gasteiger charge is 2.47. The number of unbranched alkanes of at least 4 members (excludes halogenated alkanes) is 2. The van der Waals surface area contributed by atoms with E-state index in [1.807, 2.05) is 30.6 Å².